The fourth-order valence-corrected chi connectivity index (χ4v) is 3.72. The third-order valence-electron chi connectivity index (χ3n) is 5.26. The molecule has 29 heavy (non-hydrogen) atoms. The zero-order valence-corrected chi connectivity index (χ0v) is 16.6. The van der Waals surface area contributed by atoms with Crippen LogP contribution in [0.15, 0.2) is 59.5 Å². The van der Waals surface area contributed by atoms with E-state index in [0.29, 0.717) is 17.4 Å². The summed E-state index contributed by atoms with van der Waals surface area (Å²) in [5, 5.41) is 4.71. The van der Waals surface area contributed by atoms with E-state index < -0.39 is 0 Å². The Hall–Kier alpha value is -3.35. The average Bonchev–Trinajstić information content (AvgIpc) is 2.75. The number of carbonyl (C=O) groups excluding carboxylic acids is 1. The number of rotatable bonds is 5. The molecule has 0 unspecified atom stereocenters. The van der Waals surface area contributed by atoms with Gasteiger partial charge in [0.1, 0.15) is 18.4 Å². The van der Waals surface area contributed by atoms with Crippen molar-refractivity contribution in [1.82, 2.24) is 14.7 Å². The first-order valence-corrected chi connectivity index (χ1v) is 9.76. The molecule has 0 saturated heterocycles. The molecule has 4 rings (SSSR count). The number of carbonyl (C=O) groups is 1. The lowest BCUT2D eigenvalue weighted by atomic mass is 10.2. The van der Waals surface area contributed by atoms with Gasteiger partial charge in [-0.1, -0.05) is 24.3 Å². The van der Waals surface area contributed by atoms with Crippen LogP contribution in [0.5, 0.6) is 5.75 Å². The molecule has 0 bridgehead atoms. The van der Waals surface area contributed by atoms with Crippen LogP contribution >= 0.6 is 0 Å². The SMILES string of the molecule is CCN1C[C@@H](CN(C)C(=O)Cn2ncc(=O)c3ccccc32)Oc2ccccc21. The second-order valence-corrected chi connectivity index (χ2v) is 7.20. The molecule has 1 amide bonds. The van der Waals surface area contributed by atoms with Gasteiger partial charge in [-0.05, 0) is 31.2 Å². The van der Waals surface area contributed by atoms with Crippen LogP contribution in [-0.2, 0) is 11.3 Å². The highest BCUT2D eigenvalue weighted by molar-refractivity contribution is 5.81. The van der Waals surface area contributed by atoms with Gasteiger partial charge in [-0.25, -0.2) is 0 Å². The summed E-state index contributed by atoms with van der Waals surface area (Å²) in [6.45, 7) is 4.26. The Morgan fingerprint density at radius 3 is 2.79 bits per heavy atom. The van der Waals surface area contributed by atoms with Gasteiger partial charge in [-0.15, -0.1) is 0 Å². The molecule has 7 nitrogen and oxygen atoms in total. The fraction of sp³-hybridized carbons (Fsp3) is 0.318. The lowest BCUT2D eigenvalue weighted by Crippen LogP contribution is -2.47. The van der Waals surface area contributed by atoms with Crippen LogP contribution in [-0.4, -0.2) is 53.4 Å². The normalized spacial score (nSPS) is 15.7. The van der Waals surface area contributed by atoms with Crippen LogP contribution in [0.2, 0.25) is 0 Å². The second-order valence-electron chi connectivity index (χ2n) is 7.20. The van der Waals surface area contributed by atoms with Gasteiger partial charge in [0.25, 0.3) is 0 Å². The van der Waals surface area contributed by atoms with E-state index in [1.54, 1.807) is 34.8 Å². The first-order chi connectivity index (χ1) is 14.1. The van der Waals surface area contributed by atoms with Crippen molar-refractivity contribution in [3.8, 4) is 5.75 Å². The van der Waals surface area contributed by atoms with Crippen LogP contribution < -0.4 is 15.1 Å². The van der Waals surface area contributed by atoms with Gasteiger partial charge >= 0.3 is 0 Å². The van der Waals surface area contributed by atoms with Crippen LogP contribution in [0.25, 0.3) is 10.9 Å². The van der Waals surface area contributed by atoms with E-state index in [-0.39, 0.29) is 24.0 Å². The molecule has 7 heteroatoms. The van der Waals surface area contributed by atoms with Crippen molar-refractivity contribution in [2.24, 2.45) is 0 Å². The minimum absolute atomic E-state index is 0.0676. The molecule has 1 aliphatic heterocycles. The quantitative estimate of drug-likeness (QED) is 0.666. The van der Waals surface area contributed by atoms with Gasteiger partial charge in [0.05, 0.1) is 30.5 Å². The van der Waals surface area contributed by atoms with Crippen molar-refractivity contribution in [2.45, 2.75) is 19.6 Å². The smallest absolute Gasteiger partial charge is 0.244 e. The molecule has 1 aliphatic rings. The zero-order chi connectivity index (χ0) is 20.4. The Bertz CT molecular complexity index is 1090. The predicted molar refractivity (Wildman–Crippen MR) is 112 cm³/mol. The Balaban J connectivity index is 1.47. The zero-order valence-electron chi connectivity index (χ0n) is 16.6. The van der Waals surface area contributed by atoms with Crippen molar-refractivity contribution in [2.75, 3.05) is 31.6 Å². The number of likely N-dealkylation sites (N-methyl/N-ethyl adjacent to an activating group) is 2. The number of hydrogen-bond donors (Lipinski definition) is 0. The summed E-state index contributed by atoms with van der Waals surface area (Å²) in [4.78, 5) is 28.7. The van der Waals surface area contributed by atoms with E-state index >= 15 is 0 Å². The summed E-state index contributed by atoms with van der Waals surface area (Å²) in [6.07, 6.45) is 1.15. The maximum absolute atomic E-state index is 12.8. The Kier molecular flexibility index (Phi) is 5.20. The van der Waals surface area contributed by atoms with E-state index in [1.165, 1.54) is 6.20 Å². The number of para-hydroxylation sites is 3. The van der Waals surface area contributed by atoms with Crippen LogP contribution in [0.3, 0.4) is 0 Å². The highest BCUT2D eigenvalue weighted by atomic mass is 16.5. The Morgan fingerprint density at radius 2 is 1.97 bits per heavy atom. The molecule has 150 valence electrons. The molecule has 1 atom stereocenters. The number of nitrogens with zero attached hydrogens (tertiary/aromatic N) is 4. The number of hydrogen-bond acceptors (Lipinski definition) is 5. The first-order valence-electron chi connectivity index (χ1n) is 9.76. The summed E-state index contributed by atoms with van der Waals surface area (Å²) in [6, 6.07) is 15.2. The molecule has 2 heterocycles. The monoisotopic (exact) mass is 392 g/mol. The van der Waals surface area contributed by atoms with E-state index in [4.69, 9.17) is 4.74 Å². The second kappa shape index (κ2) is 7.95. The molecule has 0 spiro atoms. The van der Waals surface area contributed by atoms with Crippen LogP contribution in [0, 0.1) is 0 Å². The molecule has 2 aromatic carbocycles. The highest BCUT2D eigenvalue weighted by Gasteiger charge is 2.26. The molecule has 0 N–H and O–H groups in total. The molecular formula is C22H24N4O3. The number of ether oxygens (including phenoxy) is 1. The highest BCUT2D eigenvalue weighted by Crippen LogP contribution is 2.32. The number of anilines is 1. The van der Waals surface area contributed by atoms with Crippen molar-refractivity contribution in [3.05, 3.63) is 65.0 Å². The number of benzene rings is 2. The Morgan fingerprint density at radius 1 is 1.21 bits per heavy atom. The van der Waals surface area contributed by atoms with Crippen molar-refractivity contribution >= 4 is 22.5 Å². The summed E-state index contributed by atoms with van der Waals surface area (Å²) in [5.41, 5.74) is 1.59. The van der Waals surface area contributed by atoms with Gasteiger partial charge in [-0.3, -0.25) is 14.3 Å². The molecule has 0 saturated carbocycles. The maximum atomic E-state index is 12.8. The van der Waals surface area contributed by atoms with Gasteiger partial charge in [0.2, 0.25) is 11.3 Å². The topological polar surface area (TPSA) is 67.7 Å². The average molecular weight is 392 g/mol. The van der Waals surface area contributed by atoms with Gasteiger partial charge in [0, 0.05) is 19.0 Å². The molecule has 1 aromatic heterocycles. The summed E-state index contributed by atoms with van der Waals surface area (Å²) in [5.74, 6) is 0.760. The Labute approximate surface area is 169 Å². The van der Waals surface area contributed by atoms with E-state index in [2.05, 4.69) is 23.0 Å². The summed E-state index contributed by atoms with van der Waals surface area (Å²) in [7, 11) is 1.77. The van der Waals surface area contributed by atoms with Crippen molar-refractivity contribution in [1.29, 1.82) is 0 Å². The van der Waals surface area contributed by atoms with Crippen LogP contribution in [0.1, 0.15) is 6.92 Å². The minimum atomic E-state index is -0.147. The first kappa shape index (κ1) is 19.0. The number of aromatic nitrogens is 2. The molecule has 0 aliphatic carbocycles. The molecule has 3 aromatic rings. The maximum Gasteiger partial charge on any atom is 0.244 e. The van der Waals surface area contributed by atoms with E-state index in [0.717, 1.165) is 24.5 Å². The lowest BCUT2D eigenvalue weighted by Gasteiger charge is -2.37. The predicted octanol–water partition coefficient (Wildman–Crippen LogP) is 2.14. The molecular weight excluding hydrogens is 368 g/mol. The number of fused-ring (bicyclic) bond motifs is 2. The largest absolute Gasteiger partial charge is 0.485 e. The van der Waals surface area contributed by atoms with E-state index in [1.807, 2.05) is 24.3 Å². The van der Waals surface area contributed by atoms with Crippen molar-refractivity contribution in [3.63, 3.8) is 0 Å². The third-order valence-corrected chi connectivity index (χ3v) is 5.26. The third kappa shape index (κ3) is 3.81. The van der Waals surface area contributed by atoms with Crippen molar-refractivity contribution < 1.29 is 9.53 Å². The van der Waals surface area contributed by atoms with Gasteiger partial charge in [0.15, 0.2) is 0 Å². The van der Waals surface area contributed by atoms with Crippen LogP contribution in [0.4, 0.5) is 5.69 Å². The lowest BCUT2D eigenvalue weighted by molar-refractivity contribution is -0.131. The minimum Gasteiger partial charge on any atom is -0.485 e. The van der Waals surface area contributed by atoms with Gasteiger partial charge in [-0.2, -0.15) is 5.10 Å². The van der Waals surface area contributed by atoms with Gasteiger partial charge < -0.3 is 14.5 Å². The summed E-state index contributed by atoms with van der Waals surface area (Å²) >= 11 is 0. The fourth-order valence-electron chi connectivity index (χ4n) is 3.72. The molecule has 0 radical (unpaired) electrons. The molecule has 0 fully saturated rings. The number of amides is 1. The summed E-state index contributed by atoms with van der Waals surface area (Å²) < 4.78 is 7.70. The standard InChI is InChI=1S/C22H24N4O3/c1-3-25-14-16(29-21-11-7-6-10-19(21)25)13-24(2)22(28)15-26-18-9-5-4-8-17(18)20(27)12-23-26/h4-12,16H,3,13-15H2,1-2H3/t16-/m1/s1. The van der Waals surface area contributed by atoms with E-state index in [9.17, 15) is 9.59 Å².